The van der Waals surface area contributed by atoms with Crippen LogP contribution in [0.5, 0.6) is 0 Å². The minimum absolute atomic E-state index is 0.359. The molecule has 0 saturated carbocycles. The molecule has 82 valence electrons. The lowest BCUT2D eigenvalue weighted by molar-refractivity contribution is -0.0321. The van der Waals surface area contributed by atoms with E-state index in [1.54, 1.807) is 0 Å². The maximum atomic E-state index is 10.3. The maximum Gasteiger partial charge on any atom is 0.0684 e. The van der Waals surface area contributed by atoms with Crippen LogP contribution in [-0.4, -0.2) is 60.3 Å². The number of piperidine rings is 1. The molecule has 2 fully saturated rings. The minimum atomic E-state index is -0.359. The molecule has 2 aliphatic rings. The third-order valence-electron chi connectivity index (χ3n) is 3.76. The van der Waals surface area contributed by atoms with E-state index in [-0.39, 0.29) is 5.60 Å². The van der Waals surface area contributed by atoms with Crippen LogP contribution >= 0.6 is 0 Å². The second-order valence-corrected chi connectivity index (χ2v) is 4.97. The fourth-order valence-corrected chi connectivity index (χ4v) is 2.26. The molecule has 3 nitrogen and oxygen atoms in total. The van der Waals surface area contributed by atoms with Crippen molar-refractivity contribution in [2.24, 2.45) is 0 Å². The van der Waals surface area contributed by atoms with E-state index in [1.807, 2.05) is 0 Å². The smallest absolute Gasteiger partial charge is 0.0684 e. The van der Waals surface area contributed by atoms with Crippen LogP contribution in [0.2, 0.25) is 0 Å². The summed E-state index contributed by atoms with van der Waals surface area (Å²) in [4.78, 5) is 4.74. The lowest BCUT2D eigenvalue weighted by Crippen LogP contribution is -2.46. The normalized spacial score (nSPS) is 28.7. The molecular formula is C11H22N2O. The highest BCUT2D eigenvalue weighted by Gasteiger charge is 2.31. The Bertz CT molecular complexity index is 184. The van der Waals surface area contributed by atoms with Crippen LogP contribution in [0.4, 0.5) is 0 Å². The molecule has 2 rings (SSSR count). The Labute approximate surface area is 86.7 Å². The summed E-state index contributed by atoms with van der Waals surface area (Å²) in [6, 6.07) is 0. The molecule has 0 aromatic heterocycles. The quantitative estimate of drug-likeness (QED) is 0.717. The summed E-state index contributed by atoms with van der Waals surface area (Å²) < 4.78 is 0. The summed E-state index contributed by atoms with van der Waals surface area (Å²) in [5.74, 6) is 0. The summed E-state index contributed by atoms with van der Waals surface area (Å²) in [5.41, 5.74) is -0.359. The molecule has 0 atom stereocenters. The molecule has 0 aromatic carbocycles. The molecular weight excluding hydrogens is 176 g/mol. The van der Waals surface area contributed by atoms with Gasteiger partial charge in [0.05, 0.1) is 5.60 Å². The predicted octanol–water partition coefficient (Wildman–Crippen LogP) is 0.539. The standard InChI is InChI=1S/C11H22N2O/c1-12-8-3-11(14,4-9-12)5-10-13-6-2-7-13/h14H,2-10H2,1H3. The number of rotatable bonds is 3. The molecule has 3 heteroatoms. The Morgan fingerprint density at radius 2 is 1.79 bits per heavy atom. The highest BCUT2D eigenvalue weighted by molar-refractivity contribution is 4.86. The Balaban J connectivity index is 1.71. The second kappa shape index (κ2) is 4.17. The topological polar surface area (TPSA) is 26.7 Å². The van der Waals surface area contributed by atoms with Gasteiger partial charge in [-0.1, -0.05) is 0 Å². The van der Waals surface area contributed by atoms with Crippen LogP contribution in [0.25, 0.3) is 0 Å². The first kappa shape index (κ1) is 10.4. The lowest BCUT2D eigenvalue weighted by atomic mass is 9.88. The van der Waals surface area contributed by atoms with Crippen molar-refractivity contribution in [2.45, 2.75) is 31.3 Å². The van der Waals surface area contributed by atoms with Gasteiger partial charge in [0.25, 0.3) is 0 Å². The van der Waals surface area contributed by atoms with E-state index in [1.165, 1.54) is 19.5 Å². The first-order valence-corrected chi connectivity index (χ1v) is 5.81. The van der Waals surface area contributed by atoms with Gasteiger partial charge in [-0.2, -0.15) is 0 Å². The van der Waals surface area contributed by atoms with Gasteiger partial charge in [-0.05, 0) is 45.8 Å². The van der Waals surface area contributed by atoms with E-state index in [0.717, 1.165) is 38.9 Å². The van der Waals surface area contributed by atoms with E-state index in [2.05, 4.69) is 16.8 Å². The lowest BCUT2D eigenvalue weighted by Gasteiger charge is -2.39. The number of hydrogen-bond acceptors (Lipinski definition) is 3. The molecule has 0 aromatic rings. The Morgan fingerprint density at radius 1 is 1.14 bits per heavy atom. The number of aliphatic hydroxyl groups is 1. The first-order chi connectivity index (χ1) is 6.68. The number of hydrogen-bond donors (Lipinski definition) is 1. The zero-order valence-corrected chi connectivity index (χ0v) is 9.21. The fraction of sp³-hybridized carbons (Fsp3) is 1.00. The number of likely N-dealkylation sites (tertiary alicyclic amines) is 2. The molecule has 0 spiro atoms. The van der Waals surface area contributed by atoms with Crippen LogP contribution in [-0.2, 0) is 0 Å². The van der Waals surface area contributed by atoms with Crippen molar-refractivity contribution in [2.75, 3.05) is 39.8 Å². The van der Waals surface area contributed by atoms with Gasteiger partial charge in [0.2, 0.25) is 0 Å². The van der Waals surface area contributed by atoms with Crippen molar-refractivity contribution in [3.05, 3.63) is 0 Å². The molecule has 0 bridgehead atoms. The second-order valence-electron chi connectivity index (χ2n) is 4.97. The monoisotopic (exact) mass is 198 g/mol. The third kappa shape index (κ3) is 2.47. The average Bonchev–Trinajstić information content (AvgIpc) is 2.08. The molecule has 14 heavy (non-hydrogen) atoms. The molecule has 1 N–H and O–H groups in total. The van der Waals surface area contributed by atoms with Crippen molar-refractivity contribution in [3.8, 4) is 0 Å². The fourth-order valence-electron chi connectivity index (χ4n) is 2.26. The molecule has 2 saturated heterocycles. The summed E-state index contributed by atoms with van der Waals surface area (Å²) >= 11 is 0. The van der Waals surface area contributed by atoms with Crippen molar-refractivity contribution in [1.82, 2.24) is 9.80 Å². The highest BCUT2D eigenvalue weighted by atomic mass is 16.3. The van der Waals surface area contributed by atoms with Crippen LogP contribution in [0.3, 0.4) is 0 Å². The molecule has 0 amide bonds. The van der Waals surface area contributed by atoms with Gasteiger partial charge in [0.1, 0.15) is 0 Å². The van der Waals surface area contributed by atoms with Gasteiger partial charge >= 0.3 is 0 Å². The number of nitrogens with zero attached hydrogens (tertiary/aromatic N) is 2. The predicted molar refractivity (Wildman–Crippen MR) is 57.4 cm³/mol. The van der Waals surface area contributed by atoms with Gasteiger partial charge in [0, 0.05) is 19.6 Å². The summed E-state index contributed by atoms with van der Waals surface area (Å²) in [5, 5.41) is 10.3. The molecule has 0 unspecified atom stereocenters. The summed E-state index contributed by atoms with van der Waals surface area (Å²) in [6.07, 6.45) is 4.23. The molecule has 2 aliphatic heterocycles. The van der Waals surface area contributed by atoms with Crippen molar-refractivity contribution in [1.29, 1.82) is 0 Å². The SMILES string of the molecule is CN1CCC(O)(CCN2CCC2)CC1. The Hall–Kier alpha value is -0.120. The average molecular weight is 198 g/mol. The van der Waals surface area contributed by atoms with Crippen molar-refractivity contribution >= 4 is 0 Å². The van der Waals surface area contributed by atoms with Gasteiger partial charge in [-0.3, -0.25) is 0 Å². The Kier molecular flexibility index (Phi) is 3.10. The molecule has 0 aliphatic carbocycles. The van der Waals surface area contributed by atoms with E-state index in [9.17, 15) is 5.11 Å². The van der Waals surface area contributed by atoms with Crippen LogP contribution in [0.1, 0.15) is 25.7 Å². The van der Waals surface area contributed by atoms with E-state index in [4.69, 9.17) is 0 Å². The highest BCUT2D eigenvalue weighted by Crippen LogP contribution is 2.25. The van der Waals surface area contributed by atoms with E-state index in [0.29, 0.717) is 0 Å². The maximum absolute atomic E-state index is 10.3. The van der Waals surface area contributed by atoms with Crippen LogP contribution in [0.15, 0.2) is 0 Å². The van der Waals surface area contributed by atoms with Crippen LogP contribution in [0, 0.1) is 0 Å². The third-order valence-corrected chi connectivity index (χ3v) is 3.76. The molecule has 0 radical (unpaired) electrons. The molecule has 2 heterocycles. The Morgan fingerprint density at radius 3 is 2.29 bits per heavy atom. The van der Waals surface area contributed by atoms with E-state index < -0.39 is 0 Å². The first-order valence-electron chi connectivity index (χ1n) is 5.81. The zero-order chi connectivity index (χ0) is 10.0. The summed E-state index contributed by atoms with van der Waals surface area (Å²) in [7, 11) is 2.13. The zero-order valence-electron chi connectivity index (χ0n) is 9.21. The van der Waals surface area contributed by atoms with E-state index >= 15 is 0 Å². The largest absolute Gasteiger partial charge is 0.390 e. The summed E-state index contributed by atoms with van der Waals surface area (Å²) in [6.45, 7) is 5.69. The van der Waals surface area contributed by atoms with Gasteiger partial charge < -0.3 is 14.9 Å². The minimum Gasteiger partial charge on any atom is -0.390 e. The van der Waals surface area contributed by atoms with Crippen molar-refractivity contribution < 1.29 is 5.11 Å². The van der Waals surface area contributed by atoms with Gasteiger partial charge in [-0.15, -0.1) is 0 Å². The van der Waals surface area contributed by atoms with Gasteiger partial charge in [0.15, 0.2) is 0 Å². The van der Waals surface area contributed by atoms with Crippen molar-refractivity contribution in [3.63, 3.8) is 0 Å². The van der Waals surface area contributed by atoms with Crippen LogP contribution < -0.4 is 0 Å². The van der Waals surface area contributed by atoms with Gasteiger partial charge in [-0.25, -0.2) is 0 Å².